The molecule has 0 aliphatic carbocycles. The van der Waals surface area contributed by atoms with E-state index in [1.54, 1.807) is 0 Å². The van der Waals surface area contributed by atoms with E-state index in [9.17, 15) is 19.8 Å². The van der Waals surface area contributed by atoms with Crippen molar-refractivity contribution in [3.63, 3.8) is 0 Å². The van der Waals surface area contributed by atoms with E-state index in [-0.39, 0.29) is 24.9 Å². The maximum Gasteiger partial charge on any atom is 0.306 e. The summed E-state index contributed by atoms with van der Waals surface area (Å²) in [6.45, 7) is 6.52. The van der Waals surface area contributed by atoms with Gasteiger partial charge in [-0.05, 0) is 51.4 Å². The van der Waals surface area contributed by atoms with Gasteiger partial charge < -0.3 is 20.3 Å². The van der Waals surface area contributed by atoms with Crippen LogP contribution in [0.3, 0.4) is 0 Å². The van der Waals surface area contributed by atoms with Crippen molar-refractivity contribution in [2.45, 2.75) is 341 Å². The molecule has 0 saturated carbocycles. The van der Waals surface area contributed by atoms with E-state index in [0.717, 1.165) is 57.8 Å². The molecule has 0 aromatic heterocycles. The number of carbonyl (C=O) groups is 2. The number of unbranched alkanes of at least 4 members (excludes halogenated alkanes) is 39. The summed E-state index contributed by atoms with van der Waals surface area (Å²) in [7, 11) is 0. The highest BCUT2D eigenvalue weighted by Gasteiger charge is 2.24. The average Bonchev–Trinajstić information content (AvgIpc) is 3.29. The molecule has 0 heterocycles. The van der Waals surface area contributed by atoms with Crippen molar-refractivity contribution >= 4 is 11.9 Å². The van der Waals surface area contributed by atoms with Gasteiger partial charge in [-0.3, -0.25) is 9.59 Å². The average molecular weight is 905 g/mol. The quantitative estimate of drug-likeness (QED) is 0.0321. The molecule has 0 aliphatic heterocycles. The summed E-state index contributed by atoms with van der Waals surface area (Å²) in [6, 6.07) is -0.699. The van der Waals surface area contributed by atoms with Crippen molar-refractivity contribution in [3.05, 3.63) is 12.2 Å². The van der Waals surface area contributed by atoms with Gasteiger partial charge in [0.1, 0.15) is 6.10 Å². The van der Waals surface area contributed by atoms with E-state index >= 15 is 0 Å². The third-order valence-corrected chi connectivity index (χ3v) is 13.6. The smallest absolute Gasteiger partial charge is 0.306 e. The van der Waals surface area contributed by atoms with E-state index in [0.29, 0.717) is 19.3 Å². The van der Waals surface area contributed by atoms with Crippen LogP contribution in [0.2, 0.25) is 0 Å². The molecule has 3 unspecified atom stereocenters. The largest absolute Gasteiger partial charge is 0.462 e. The molecule has 0 spiro atoms. The molecule has 0 aromatic rings. The van der Waals surface area contributed by atoms with Gasteiger partial charge >= 0.3 is 5.97 Å². The summed E-state index contributed by atoms with van der Waals surface area (Å²) in [5.74, 6) is -0.459. The Kier molecular flexibility index (Phi) is 51.4. The van der Waals surface area contributed by atoms with E-state index in [1.807, 2.05) is 0 Å². The van der Waals surface area contributed by atoms with Crippen LogP contribution in [0.4, 0.5) is 0 Å². The summed E-state index contributed by atoms with van der Waals surface area (Å²) >= 11 is 0. The number of hydrogen-bond acceptors (Lipinski definition) is 5. The standard InChI is InChI=1S/C58H113NO5/c1-4-7-10-13-16-19-22-25-28-30-32-35-38-41-44-47-50-56(61)55(53-60)59-57(62)52-54(49-46-43-40-37-34-31-29-26-23-20-17-14-11-8-5-2)64-58(63)51-48-45-42-39-36-33-27-24-21-18-15-12-9-6-3/h26,29,54-56,60-61H,4-25,27-28,30-53H2,1-3H3,(H,59,62)/b29-26+. The van der Waals surface area contributed by atoms with Gasteiger partial charge in [-0.2, -0.15) is 0 Å². The number of amides is 1. The zero-order valence-corrected chi connectivity index (χ0v) is 43.4. The van der Waals surface area contributed by atoms with Gasteiger partial charge in [0.25, 0.3) is 0 Å². The molecule has 1 amide bonds. The van der Waals surface area contributed by atoms with Gasteiger partial charge in [0.2, 0.25) is 5.91 Å². The van der Waals surface area contributed by atoms with Crippen LogP contribution in [0, 0.1) is 0 Å². The summed E-state index contributed by atoms with van der Waals surface area (Å²) in [6.07, 6.45) is 59.9. The van der Waals surface area contributed by atoms with Crippen LogP contribution in [0.5, 0.6) is 0 Å². The lowest BCUT2D eigenvalue weighted by Crippen LogP contribution is -2.46. The first-order valence-corrected chi connectivity index (χ1v) is 28.9. The second-order valence-corrected chi connectivity index (χ2v) is 20.1. The predicted octanol–water partition coefficient (Wildman–Crippen LogP) is 17.7. The fourth-order valence-electron chi connectivity index (χ4n) is 9.19. The lowest BCUT2D eigenvalue weighted by molar-refractivity contribution is -0.151. The van der Waals surface area contributed by atoms with Crippen LogP contribution in [0.15, 0.2) is 12.2 Å². The van der Waals surface area contributed by atoms with Crippen LogP contribution in [0.1, 0.15) is 323 Å². The van der Waals surface area contributed by atoms with Crippen LogP contribution in [-0.4, -0.2) is 46.9 Å². The number of nitrogens with one attached hydrogen (secondary N) is 1. The van der Waals surface area contributed by atoms with Crippen molar-refractivity contribution in [3.8, 4) is 0 Å². The molecule has 6 heteroatoms. The lowest BCUT2D eigenvalue weighted by Gasteiger charge is -2.24. The topological polar surface area (TPSA) is 95.9 Å². The fraction of sp³-hybridized carbons (Fsp3) is 0.931. The number of allylic oxidation sites excluding steroid dienone is 2. The first-order chi connectivity index (χ1) is 31.5. The Labute approximate surface area is 399 Å². The van der Waals surface area contributed by atoms with Crippen LogP contribution in [-0.2, 0) is 14.3 Å². The second kappa shape index (κ2) is 52.6. The fourth-order valence-corrected chi connectivity index (χ4v) is 9.19. The van der Waals surface area contributed by atoms with Gasteiger partial charge in [0.15, 0.2) is 0 Å². The number of carbonyl (C=O) groups excluding carboxylic acids is 2. The summed E-state index contributed by atoms with van der Waals surface area (Å²) < 4.78 is 5.96. The number of ether oxygens (including phenoxy) is 1. The molecule has 0 radical (unpaired) electrons. The third kappa shape index (κ3) is 47.1. The SMILES string of the molecule is CCCCCCCC/C=C/CCCCCCCC(CC(=O)NC(CO)C(O)CCCCCCCCCCCCCCCCCC)OC(=O)CCCCCCCCCCCCCCCC. The molecule has 64 heavy (non-hydrogen) atoms. The molecule has 6 nitrogen and oxygen atoms in total. The van der Waals surface area contributed by atoms with E-state index in [2.05, 4.69) is 38.2 Å². The molecule has 0 fully saturated rings. The minimum Gasteiger partial charge on any atom is -0.462 e. The van der Waals surface area contributed by atoms with Gasteiger partial charge in [-0.25, -0.2) is 0 Å². The lowest BCUT2D eigenvalue weighted by atomic mass is 10.0. The summed E-state index contributed by atoms with van der Waals surface area (Å²) in [5.41, 5.74) is 0. The van der Waals surface area contributed by atoms with Crippen molar-refractivity contribution in [2.75, 3.05) is 6.61 Å². The third-order valence-electron chi connectivity index (χ3n) is 13.6. The Morgan fingerprint density at radius 1 is 0.438 bits per heavy atom. The Balaban J connectivity index is 4.51. The molecule has 3 N–H and O–H groups in total. The molecular formula is C58H113NO5. The minimum absolute atomic E-state index is 0.0795. The molecule has 0 aromatic carbocycles. The number of esters is 1. The van der Waals surface area contributed by atoms with Crippen LogP contribution < -0.4 is 5.32 Å². The van der Waals surface area contributed by atoms with Crippen molar-refractivity contribution in [1.82, 2.24) is 5.32 Å². The van der Waals surface area contributed by atoms with Gasteiger partial charge in [0.05, 0.1) is 25.2 Å². The maximum absolute atomic E-state index is 13.3. The summed E-state index contributed by atoms with van der Waals surface area (Å²) in [4.78, 5) is 26.2. The molecule has 0 bridgehead atoms. The molecule has 3 atom stereocenters. The zero-order valence-electron chi connectivity index (χ0n) is 43.4. The normalized spacial score (nSPS) is 13.1. The Morgan fingerprint density at radius 2 is 0.750 bits per heavy atom. The van der Waals surface area contributed by atoms with Crippen molar-refractivity contribution in [2.24, 2.45) is 0 Å². The molecule has 0 saturated heterocycles. The molecule has 380 valence electrons. The first-order valence-electron chi connectivity index (χ1n) is 28.9. The van der Waals surface area contributed by atoms with E-state index in [1.165, 1.54) is 218 Å². The van der Waals surface area contributed by atoms with Crippen molar-refractivity contribution in [1.29, 1.82) is 0 Å². The van der Waals surface area contributed by atoms with Crippen LogP contribution in [0.25, 0.3) is 0 Å². The number of hydrogen-bond donors (Lipinski definition) is 3. The summed E-state index contributed by atoms with van der Waals surface area (Å²) in [5, 5.41) is 23.9. The van der Waals surface area contributed by atoms with Gasteiger partial charge in [-0.15, -0.1) is 0 Å². The highest BCUT2D eigenvalue weighted by molar-refractivity contribution is 5.77. The van der Waals surface area contributed by atoms with E-state index in [4.69, 9.17) is 4.74 Å². The molecular weight excluding hydrogens is 791 g/mol. The van der Waals surface area contributed by atoms with Crippen LogP contribution >= 0.6 is 0 Å². The Bertz CT molecular complexity index is 970. The Hall–Kier alpha value is -1.40. The highest BCUT2D eigenvalue weighted by Crippen LogP contribution is 2.19. The van der Waals surface area contributed by atoms with Gasteiger partial charge in [0, 0.05) is 6.42 Å². The Morgan fingerprint density at radius 3 is 1.11 bits per heavy atom. The monoisotopic (exact) mass is 904 g/mol. The van der Waals surface area contributed by atoms with Gasteiger partial charge in [-0.1, -0.05) is 270 Å². The predicted molar refractivity (Wildman–Crippen MR) is 278 cm³/mol. The second-order valence-electron chi connectivity index (χ2n) is 20.1. The zero-order chi connectivity index (χ0) is 46.7. The highest BCUT2D eigenvalue weighted by atomic mass is 16.5. The van der Waals surface area contributed by atoms with Crippen molar-refractivity contribution < 1.29 is 24.5 Å². The number of rotatable bonds is 53. The maximum atomic E-state index is 13.3. The minimum atomic E-state index is -0.785. The first kappa shape index (κ1) is 62.6. The molecule has 0 rings (SSSR count). The molecule has 0 aliphatic rings. The number of aliphatic hydroxyl groups excluding tert-OH is 2. The van der Waals surface area contributed by atoms with E-state index < -0.39 is 18.2 Å². The number of aliphatic hydroxyl groups is 2.